The third-order valence-corrected chi connectivity index (χ3v) is 9.42. The molecule has 4 aromatic rings. The van der Waals surface area contributed by atoms with Crippen LogP contribution < -0.4 is 4.90 Å². The van der Waals surface area contributed by atoms with Crippen molar-refractivity contribution in [3.8, 4) is 16.9 Å². The van der Waals surface area contributed by atoms with Gasteiger partial charge in [0.2, 0.25) is 5.91 Å². The Balaban J connectivity index is 1.36. The summed E-state index contributed by atoms with van der Waals surface area (Å²) < 4.78 is 32.1. The summed E-state index contributed by atoms with van der Waals surface area (Å²) >= 11 is 0. The van der Waals surface area contributed by atoms with E-state index in [9.17, 15) is 28.0 Å². The Kier molecular flexibility index (Phi) is 6.29. The minimum Gasteiger partial charge on any atom is -0.508 e. The molecule has 1 aliphatic heterocycles. The lowest BCUT2D eigenvalue weighted by Crippen LogP contribution is -2.65. The van der Waals surface area contributed by atoms with Crippen LogP contribution in [-0.2, 0) is 20.5 Å². The number of rotatable bonds is 5. The molecule has 0 unspecified atom stereocenters. The molecular formula is C32H29NO6S. The zero-order chi connectivity index (χ0) is 28.1. The summed E-state index contributed by atoms with van der Waals surface area (Å²) in [7, 11) is -4.31. The molecule has 1 heterocycles. The summed E-state index contributed by atoms with van der Waals surface area (Å²) in [4.78, 5) is 15.4. The molecule has 1 atom stereocenters. The van der Waals surface area contributed by atoms with Crippen molar-refractivity contribution in [1.82, 2.24) is 0 Å². The minimum atomic E-state index is -4.31. The first-order valence-corrected chi connectivity index (χ1v) is 14.6. The van der Waals surface area contributed by atoms with Crippen molar-refractivity contribution in [3.63, 3.8) is 0 Å². The van der Waals surface area contributed by atoms with Gasteiger partial charge in [-0.1, -0.05) is 72.8 Å². The first-order valence-electron chi connectivity index (χ1n) is 13.2. The molecule has 0 radical (unpaired) electrons. The first-order chi connectivity index (χ1) is 19.1. The van der Waals surface area contributed by atoms with Crippen molar-refractivity contribution in [2.45, 2.75) is 42.2 Å². The molecule has 7 nitrogen and oxygen atoms in total. The van der Waals surface area contributed by atoms with Crippen LogP contribution in [0.15, 0.2) is 108 Å². The number of hydrogen-bond donors (Lipinski definition) is 3. The van der Waals surface area contributed by atoms with Gasteiger partial charge in [0, 0.05) is 11.3 Å². The molecule has 8 heteroatoms. The molecule has 204 valence electrons. The van der Waals surface area contributed by atoms with E-state index in [0.29, 0.717) is 42.4 Å². The number of anilines is 1. The predicted molar refractivity (Wildman–Crippen MR) is 151 cm³/mol. The van der Waals surface area contributed by atoms with E-state index in [2.05, 4.69) is 0 Å². The Morgan fingerprint density at radius 3 is 1.90 bits per heavy atom. The largest absolute Gasteiger partial charge is 0.508 e. The van der Waals surface area contributed by atoms with Crippen molar-refractivity contribution in [2.75, 3.05) is 4.90 Å². The molecule has 2 aliphatic rings. The molecule has 1 saturated carbocycles. The van der Waals surface area contributed by atoms with Crippen molar-refractivity contribution in [2.24, 2.45) is 5.41 Å². The second-order valence-corrected chi connectivity index (χ2v) is 12.2. The number of amides is 1. The monoisotopic (exact) mass is 555 g/mol. The Bertz CT molecular complexity index is 1660. The minimum absolute atomic E-state index is 0.0110. The van der Waals surface area contributed by atoms with Crippen LogP contribution in [0.4, 0.5) is 5.69 Å². The number of para-hydroxylation sites is 1. The first kappa shape index (κ1) is 26.3. The third kappa shape index (κ3) is 4.29. The average molecular weight is 556 g/mol. The van der Waals surface area contributed by atoms with E-state index in [1.165, 1.54) is 12.1 Å². The van der Waals surface area contributed by atoms with E-state index in [1.54, 1.807) is 23.1 Å². The van der Waals surface area contributed by atoms with Crippen molar-refractivity contribution in [1.29, 1.82) is 0 Å². The highest BCUT2D eigenvalue weighted by atomic mass is 32.2. The van der Waals surface area contributed by atoms with Gasteiger partial charge in [-0.05, 0) is 72.7 Å². The lowest BCUT2D eigenvalue weighted by atomic mass is 9.56. The lowest BCUT2D eigenvalue weighted by Gasteiger charge is -2.59. The number of β-lactam (4-membered cyclic amide) rings is 1. The van der Waals surface area contributed by atoms with Crippen LogP contribution in [0.5, 0.6) is 5.75 Å². The van der Waals surface area contributed by atoms with E-state index < -0.39 is 27.2 Å². The molecule has 1 saturated heterocycles. The van der Waals surface area contributed by atoms with Gasteiger partial charge in [-0.25, -0.2) is 0 Å². The molecule has 2 fully saturated rings. The number of nitrogens with zero attached hydrogens (tertiary/aromatic N) is 1. The Morgan fingerprint density at radius 2 is 1.32 bits per heavy atom. The summed E-state index contributed by atoms with van der Waals surface area (Å²) in [6.45, 7) is 0. The number of phenolic OH excluding ortho intramolecular Hbond substituents is 1. The van der Waals surface area contributed by atoms with Gasteiger partial charge in [0.1, 0.15) is 5.75 Å². The van der Waals surface area contributed by atoms with Crippen LogP contribution in [0.25, 0.3) is 11.1 Å². The number of carbonyl (C=O) groups excluding carboxylic acids is 1. The number of carbonyl (C=O) groups is 1. The number of aliphatic hydroxyl groups is 1. The van der Waals surface area contributed by atoms with Gasteiger partial charge < -0.3 is 15.1 Å². The third-order valence-electron chi connectivity index (χ3n) is 8.55. The second kappa shape index (κ2) is 9.59. The quantitative estimate of drug-likeness (QED) is 0.210. The standard InChI is InChI=1S/C32H29NO6S/c34-28-21-23(22-11-14-26(15-12-22)40(37,38)39)13-16-27(28)29-31(30(35)33(29)25-9-5-2-6-10-25)17-19-32(36,20-18-31)24-7-3-1-4-8-24/h1-16,21,29,34,36H,17-20H2,(H,37,38,39)/t29-,31?,32?/m1/s1. The molecule has 1 aliphatic carbocycles. The van der Waals surface area contributed by atoms with E-state index in [1.807, 2.05) is 72.8 Å². The Morgan fingerprint density at radius 1 is 0.750 bits per heavy atom. The maximum Gasteiger partial charge on any atom is 0.294 e. The smallest absolute Gasteiger partial charge is 0.294 e. The maximum absolute atomic E-state index is 13.9. The van der Waals surface area contributed by atoms with Gasteiger partial charge in [-0.3, -0.25) is 9.35 Å². The maximum atomic E-state index is 13.9. The van der Waals surface area contributed by atoms with Crippen molar-refractivity contribution < 1.29 is 28.0 Å². The molecule has 3 N–H and O–H groups in total. The van der Waals surface area contributed by atoms with Gasteiger partial charge in [0.25, 0.3) is 10.1 Å². The second-order valence-electron chi connectivity index (χ2n) is 10.7. The summed E-state index contributed by atoms with van der Waals surface area (Å²) in [5.41, 5.74) is 1.77. The zero-order valence-corrected chi connectivity index (χ0v) is 22.5. The van der Waals surface area contributed by atoms with Crippen LogP contribution in [0.1, 0.15) is 42.9 Å². The molecule has 4 aromatic carbocycles. The van der Waals surface area contributed by atoms with Crippen LogP contribution in [0.2, 0.25) is 0 Å². The summed E-state index contributed by atoms with van der Waals surface area (Å²) in [5.74, 6) is 0.0150. The normalized spacial score (nSPS) is 24.6. The number of hydrogen-bond acceptors (Lipinski definition) is 5. The number of aromatic hydroxyl groups is 1. The molecule has 1 amide bonds. The average Bonchev–Trinajstić information content (AvgIpc) is 2.97. The SMILES string of the molecule is O=C1N(c2ccccc2)[C@H](c2ccc(-c3ccc(S(=O)(=O)O)cc3)cc2O)C12CCC(O)(c1ccccc1)CC2. The summed E-state index contributed by atoms with van der Waals surface area (Å²) in [5, 5.41) is 22.8. The Labute approximate surface area is 233 Å². The summed E-state index contributed by atoms with van der Waals surface area (Å²) in [6.07, 6.45) is 1.81. The van der Waals surface area contributed by atoms with Gasteiger partial charge >= 0.3 is 0 Å². The molecule has 6 rings (SSSR count). The topological polar surface area (TPSA) is 115 Å². The van der Waals surface area contributed by atoms with E-state index in [-0.39, 0.29) is 16.6 Å². The lowest BCUT2D eigenvalue weighted by molar-refractivity contribution is -0.149. The highest BCUT2D eigenvalue weighted by Gasteiger charge is 2.64. The van der Waals surface area contributed by atoms with E-state index in [0.717, 1.165) is 11.3 Å². The van der Waals surface area contributed by atoms with Crippen LogP contribution in [0.3, 0.4) is 0 Å². The van der Waals surface area contributed by atoms with Crippen LogP contribution >= 0.6 is 0 Å². The fraction of sp³-hybridized carbons (Fsp3) is 0.219. The summed E-state index contributed by atoms with van der Waals surface area (Å²) in [6, 6.07) is 29.5. The molecule has 0 bridgehead atoms. The van der Waals surface area contributed by atoms with Gasteiger partial charge in [-0.2, -0.15) is 8.42 Å². The number of benzene rings is 4. The van der Waals surface area contributed by atoms with E-state index >= 15 is 0 Å². The highest BCUT2D eigenvalue weighted by Crippen LogP contribution is 2.62. The number of phenols is 1. The molecule has 1 spiro atoms. The molecule has 40 heavy (non-hydrogen) atoms. The van der Waals surface area contributed by atoms with Crippen LogP contribution in [0, 0.1) is 5.41 Å². The van der Waals surface area contributed by atoms with E-state index in [4.69, 9.17) is 0 Å². The molecular weight excluding hydrogens is 526 g/mol. The Hall–Kier alpha value is -3.98. The van der Waals surface area contributed by atoms with Crippen LogP contribution in [-0.4, -0.2) is 29.1 Å². The highest BCUT2D eigenvalue weighted by molar-refractivity contribution is 7.85. The van der Waals surface area contributed by atoms with Crippen molar-refractivity contribution in [3.05, 3.63) is 114 Å². The molecule has 0 aromatic heterocycles. The zero-order valence-electron chi connectivity index (χ0n) is 21.6. The van der Waals surface area contributed by atoms with Gasteiger partial charge in [0.05, 0.1) is 22.0 Å². The fourth-order valence-corrected chi connectivity index (χ4v) is 6.83. The predicted octanol–water partition coefficient (Wildman–Crippen LogP) is 5.84. The van der Waals surface area contributed by atoms with Crippen molar-refractivity contribution >= 4 is 21.7 Å². The van der Waals surface area contributed by atoms with Gasteiger partial charge in [-0.15, -0.1) is 0 Å². The van der Waals surface area contributed by atoms with Gasteiger partial charge in [0.15, 0.2) is 0 Å². The fourth-order valence-electron chi connectivity index (χ4n) is 6.35.